The number of benzene rings is 3. The summed E-state index contributed by atoms with van der Waals surface area (Å²) >= 11 is 19.7. The van der Waals surface area contributed by atoms with Crippen molar-refractivity contribution in [1.29, 1.82) is 0 Å². The lowest BCUT2D eigenvalue weighted by atomic mass is 10.1. The molecule has 0 aliphatic rings. The smallest absolute Gasteiger partial charge is 0.251 e. The van der Waals surface area contributed by atoms with Crippen molar-refractivity contribution < 1.29 is 19.1 Å². The Kier molecular flexibility index (Phi) is 10.3. The van der Waals surface area contributed by atoms with Gasteiger partial charge in [-0.15, -0.1) is 0 Å². The number of fused-ring (bicyclic) bond motifs is 1. The van der Waals surface area contributed by atoms with Gasteiger partial charge in [-0.25, -0.2) is 4.98 Å². The zero-order chi connectivity index (χ0) is 31.3. The lowest BCUT2D eigenvalue weighted by Crippen LogP contribution is -2.37. The predicted molar refractivity (Wildman–Crippen MR) is 172 cm³/mol. The van der Waals surface area contributed by atoms with Crippen molar-refractivity contribution in [2.75, 3.05) is 25.5 Å². The monoisotopic (exact) mass is 638 g/mol. The van der Waals surface area contributed by atoms with Crippen molar-refractivity contribution in [2.24, 2.45) is 0 Å². The summed E-state index contributed by atoms with van der Waals surface area (Å²) in [7, 11) is 3.11. The van der Waals surface area contributed by atoms with Gasteiger partial charge >= 0.3 is 0 Å². The Hall–Kier alpha value is -4.11. The molecule has 0 radical (unpaired) electrons. The molecule has 1 aromatic heterocycles. The standard InChI is InChI=1S/C32H29Cl3N4O4/c1-18-19(2)38-31-22(29(18)34)6-5-7-26(31)43-17-23-24(33)13-14-25(30(23)35)39(4)28(41)16-37-27(40)15-10-20-8-11-21(12-9-20)32(42)36-3/h5-15H,16-17H2,1-4H3,(H,36,42)(H,37,40)/b15-10+. The molecule has 11 heteroatoms. The minimum absolute atomic E-state index is 0.0184. The maximum atomic E-state index is 12.9. The number of nitrogens with one attached hydrogen (secondary N) is 2. The number of carbonyl (C=O) groups is 3. The Morgan fingerprint density at radius 3 is 2.40 bits per heavy atom. The van der Waals surface area contributed by atoms with E-state index in [0.29, 0.717) is 38.1 Å². The molecule has 8 nitrogen and oxygen atoms in total. The van der Waals surface area contributed by atoms with Gasteiger partial charge in [0.2, 0.25) is 11.8 Å². The van der Waals surface area contributed by atoms with Crippen LogP contribution in [-0.4, -0.2) is 43.3 Å². The lowest BCUT2D eigenvalue weighted by molar-refractivity contribution is -0.122. The van der Waals surface area contributed by atoms with Crippen LogP contribution in [0.3, 0.4) is 0 Å². The van der Waals surface area contributed by atoms with Gasteiger partial charge < -0.3 is 20.3 Å². The third kappa shape index (κ3) is 7.28. The Morgan fingerprint density at radius 2 is 1.70 bits per heavy atom. The van der Waals surface area contributed by atoms with Crippen LogP contribution in [-0.2, 0) is 16.2 Å². The Balaban J connectivity index is 1.42. The number of hydrogen-bond donors (Lipinski definition) is 2. The maximum absolute atomic E-state index is 12.9. The van der Waals surface area contributed by atoms with Crippen LogP contribution in [0, 0.1) is 13.8 Å². The van der Waals surface area contributed by atoms with Gasteiger partial charge in [0.05, 0.1) is 22.3 Å². The van der Waals surface area contributed by atoms with E-state index < -0.39 is 11.8 Å². The summed E-state index contributed by atoms with van der Waals surface area (Å²) in [5.74, 6) is -0.536. The molecular formula is C32H29Cl3N4O4. The van der Waals surface area contributed by atoms with Crippen LogP contribution in [0.25, 0.3) is 17.0 Å². The molecule has 4 rings (SSSR count). The number of ether oxygens (including phenoxy) is 1. The fourth-order valence-electron chi connectivity index (χ4n) is 4.21. The molecule has 222 valence electrons. The Morgan fingerprint density at radius 1 is 0.977 bits per heavy atom. The van der Waals surface area contributed by atoms with E-state index >= 15 is 0 Å². The molecule has 0 bridgehead atoms. The molecule has 0 spiro atoms. The van der Waals surface area contributed by atoms with Crippen molar-refractivity contribution >= 4 is 75.2 Å². The highest BCUT2D eigenvalue weighted by molar-refractivity contribution is 6.38. The van der Waals surface area contributed by atoms with Gasteiger partial charge in [-0.1, -0.05) is 59.1 Å². The van der Waals surface area contributed by atoms with Gasteiger partial charge in [-0.3, -0.25) is 14.4 Å². The van der Waals surface area contributed by atoms with E-state index in [2.05, 4.69) is 15.6 Å². The van der Waals surface area contributed by atoms with E-state index in [-0.39, 0.29) is 24.1 Å². The number of anilines is 1. The number of aromatic nitrogens is 1. The van der Waals surface area contributed by atoms with E-state index in [1.54, 1.807) is 62.6 Å². The number of rotatable bonds is 9. The Labute approximate surface area is 264 Å². The third-order valence-electron chi connectivity index (χ3n) is 6.90. The molecule has 0 aliphatic heterocycles. The number of carbonyl (C=O) groups excluding carboxylic acids is 3. The molecule has 3 aromatic carbocycles. The summed E-state index contributed by atoms with van der Waals surface area (Å²) in [4.78, 5) is 42.9. The topological polar surface area (TPSA) is 101 Å². The number of amides is 3. The number of hydrogen-bond acceptors (Lipinski definition) is 5. The minimum atomic E-state index is -0.456. The molecule has 4 aromatic rings. The molecule has 0 saturated heterocycles. The quantitative estimate of drug-likeness (QED) is 0.203. The highest BCUT2D eigenvalue weighted by atomic mass is 35.5. The first kappa shape index (κ1) is 31.8. The molecule has 0 saturated carbocycles. The molecular weight excluding hydrogens is 611 g/mol. The first-order valence-electron chi connectivity index (χ1n) is 13.2. The molecule has 43 heavy (non-hydrogen) atoms. The average molecular weight is 640 g/mol. The summed E-state index contributed by atoms with van der Waals surface area (Å²) in [6.45, 7) is 3.55. The van der Waals surface area contributed by atoms with Gasteiger partial charge in [0.25, 0.3) is 5.91 Å². The number of nitrogens with zero attached hydrogens (tertiary/aromatic N) is 2. The van der Waals surface area contributed by atoms with Gasteiger partial charge in [0.1, 0.15) is 17.9 Å². The van der Waals surface area contributed by atoms with E-state index in [9.17, 15) is 14.4 Å². The number of aryl methyl sites for hydroxylation is 1. The van der Waals surface area contributed by atoms with E-state index in [1.807, 2.05) is 26.0 Å². The van der Waals surface area contributed by atoms with Crippen molar-refractivity contribution in [1.82, 2.24) is 15.6 Å². The van der Waals surface area contributed by atoms with Crippen LogP contribution in [0.4, 0.5) is 5.69 Å². The minimum Gasteiger partial charge on any atom is -0.487 e. The zero-order valence-corrected chi connectivity index (χ0v) is 26.2. The highest BCUT2D eigenvalue weighted by Gasteiger charge is 2.20. The van der Waals surface area contributed by atoms with Crippen LogP contribution in [0.1, 0.15) is 32.7 Å². The van der Waals surface area contributed by atoms with E-state index in [1.165, 1.54) is 11.0 Å². The number of halogens is 3. The fraction of sp³-hybridized carbons (Fsp3) is 0.188. The first-order valence-corrected chi connectivity index (χ1v) is 14.3. The average Bonchev–Trinajstić information content (AvgIpc) is 3.01. The second-order valence-corrected chi connectivity index (χ2v) is 10.8. The SMILES string of the molecule is CNC(=O)c1ccc(/C=C/C(=O)NCC(=O)N(C)c2ccc(Cl)c(COc3cccc4c(Cl)c(C)c(C)nc34)c2Cl)cc1. The summed E-state index contributed by atoms with van der Waals surface area (Å²) in [6.07, 6.45) is 2.90. The molecule has 2 N–H and O–H groups in total. The summed E-state index contributed by atoms with van der Waals surface area (Å²) < 4.78 is 6.10. The third-order valence-corrected chi connectivity index (χ3v) is 8.16. The summed E-state index contributed by atoms with van der Waals surface area (Å²) in [6, 6.07) is 15.5. The second kappa shape index (κ2) is 13.9. The van der Waals surface area contributed by atoms with Crippen molar-refractivity contribution in [3.05, 3.63) is 104 Å². The molecule has 0 atom stereocenters. The van der Waals surface area contributed by atoms with Gasteiger partial charge in [0.15, 0.2) is 0 Å². The molecule has 1 heterocycles. The highest BCUT2D eigenvalue weighted by Crippen LogP contribution is 2.36. The number of para-hydroxylation sites is 1. The molecule has 0 aliphatic carbocycles. The van der Waals surface area contributed by atoms with Crippen LogP contribution in [0.2, 0.25) is 15.1 Å². The summed E-state index contributed by atoms with van der Waals surface area (Å²) in [5.41, 5.74) is 4.44. The second-order valence-electron chi connectivity index (χ2n) is 9.64. The van der Waals surface area contributed by atoms with E-state index in [4.69, 9.17) is 39.5 Å². The van der Waals surface area contributed by atoms with Crippen LogP contribution < -0.4 is 20.3 Å². The van der Waals surface area contributed by atoms with Crippen molar-refractivity contribution in [2.45, 2.75) is 20.5 Å². The largest absolute Gasteiger partial charge is 0.487 e. The van der Waals surface area contributed by atoms with E-state index in [0.717, 1.165) is 22.2 Å². The van der Waals surface area contributed by atoms with Gasteiger partial charge in [0, 0.05) is 47.4 Å². The number of pyridine rings is 1. The number of likely N-dealkylation sites (N-methyl/N-ethyl adjacent to an activating group) is 1. The molecule has 0 unspecified atom stereocenters. The summed E-state index contributed by atoms with van der Waals surface area (Å²) in [5, 5.41) is 7.12. The van der Waals surface area contributed by atoms with Crippen molar-refractivity contribution in [3.8, 4) is 5.75 Å². The van der Waals surface area contributed by atoms with Crippen LogP contribution in [0.15, 0.2) is 60.7 Å². The maximum Gasteiger partial charge on any atom is 0.251 e. The Bertz CT molecular complexity index is 1740. The predicted octanol–water partition coefficient (Wildman–Crippen LogP) is 6.54. The normalized spacial score (nSPS) is 11.0. The molecule has 0 fully saturated rings. The van der Waals surface area contributed by atoms with Gasteiger partial charge in [-0.05, 0) is 61.4 Å². The first-order chi connectivity index (χ1) is 20.5. The van der Waals surface area contributed by atoms with Crippen LogP contribution >= 0.6 is 34.8 Å². The van der Waals surface area contributed by atoms with Crippen molar-refractivity contribution in [3.63, 3.8) is 0 Å². The van der Waals surface area contributed by atoms with Gasteiger partial charge in [-0.2, -0.15) is 0 Å². The fourth-order valence-corrected chi connectivity index (χ4v) is 5.10. The zero-order valence-electron chi connectivity index (χ0n) is 23.9. The molecule has 3 amide bonds. The van der Waals surface area contributed by atoms with Crippen LogP contribution in [0.5, 0.6) is 5.75 Å². The lowest BCUT2D eigenvalue weighted by Gasteiger charge is -2.21.